The topological polar surface area (TPSA) is 52.6 Å². The zero-order valence-electron chi connectivity index (χ0n) is 16.6. The molecule has 4 nitrogen and oxygen atoms in total. The van der Waals surface area contributed by atoms with Gasteiger partial charge < -0.3 is 9.47 Å². The molecule has 0 radical (unpaired) electrons. The number of rotatable bonds is 4. The van der Waals surface area contributed by atoms with Crippen molar-refractivity contribution < 1.29 is 23.5 Å². The maximum Gasteiger partial charge on any atom is 0.148 e. The van der Waals surface area contributed by atoms with E-state index in [4.69, 9.17) is 9.47 Å². The van der Waals surface area contributed by atoms with Gasteiger partial charge in [0.05, 0.1) is 0 Å². The molecule has 0 bridgehead atoms. The van der Waals surface area contributed by atoms with Crippen molar-refractivity contribution >= 4 is 11.6 Å². The van der Waals surface area contributed by atoms with E-state index in [9.17, 15) is 14.0 Å². The van der Waals surface area contributed by atoms with Crippen molar-refractivity contribution in [1.82, 2.24) is 0 Å². The van der Waals surface area contributed by atoms with Crippen LogP contribution in [0.4, 0.5) is 4.39 Å². The van der Waals surface area contributed by atoms with Crippen molar-refractivity contribution in [3.05, 3.63) is 59.4 Å². The summed E-state index contributed by atoms with van der Waals surface area (Å²) in [6, 6.07) is 11.3. The zero-order valence-corrected chi connectivity index (χ0v) is 16.6. The van der Waals surface area contributed by atoms with Gasteiger partial charge in [-0.1, -0.05) is 13.0 Å². The Morgan fingerprint density at radius 2 is 1.62 bits per heavy atom. The Kier molecular flexibility index (Phi) is 5.50. The van der Waals surface area contributed by atoms with Gasteiger partial charge in [0.15, 0.2) is 0 Å². The van der Waals surface area contributed by atoms with Crippen molar-refractivity contribution in [3.8, 4) is 11.5 Å². The van der Waals surface area contributed by atoms with Crippen molar-refractivity contribution in [3.63, 3.8) is 0 Å². The highest BCUT2D eigenvalue weighted by Gasteiger charge is 2.46. The summed E-state index contributed by atoms with van der Waals surface area (Å²) >= 11 is 0. The monoisotopic (exact) mass is 396 g/mol. The van der Waals surface area contributed by atoms with Crippen molar-refractivity contribution in [2.24, 2.45) is 5.41 Å². The van der Waals surface area contributed by atoms with E-state index in [1.165, 1.54) is 12.1 Å². The van der Waals surface area contributed by atoms with Crippen molar-refractivity contribution in [2.75, 3.05) is 13.2 Å². The fraction of sp³-hybridized carbons (Fsp3) is 0.417. The molecule has 152 valence electrons. The van der Waals surface area contributed by atoms with Gasteiger partial charge in [0.1, 0.15) is 34.8 Å². The zero-order chi connectivity index (χ0) is 20.4. The minimum Gasteiger partial charge on any atom is -0.457 e. The molecule has 1 aliphatic heterocycles. The maximum atomic E-state index is 13.1. The second-order valence-corrected chi connectivity index (χ2v) is 8.10. The molecule has 1 aliphatic carbocycles. The number of Topliss-reactive ketones (excluding diaryl/α,β-unsaturated/α-hetero) is 2. The molecular formula is C24H25FO4. The lowest BCUT2D eigenvalue weighted by atomic mass is 9.63. The SMILES string of the molecule is CCc1ccc(Oc2ccc(F)cc2)cc1C1C(=O)CC2(CCOCC2)CC1=O. The van der Waals surface area contributed by atoms with Crippen LogP contribution in [0.3, 0.4) is 0 Å². The first-order valence-electron chi connectivity index (χ1n) is 10.2. The lowest BCUT2D eigenvalue weighted by Crippen LogP contribution is -2.42. The molecule has 1 saturated heterocycles. The van der Waals surface area contributed by atoms with E-state index in [-0.39, 0.29) is 22.8 Å². The maximum absolute atomic E-state index is 13.1. The second kappa shape index (κ2) is 8.07. The van der Waals surface area contributed by atoms with Crippen LogP contribution in [0.1, 0.15) is 49.7 Å². The molecule has 0 amide bonds. The Labute approximate surface area is 170 Å². The number of halogens is 1. The predicted molar refractivity (Wildman–Crippen MR) is 107 cm³/mol. The molecule has 2 aliphatic rings. The molecular weight excluding hydrogens is 371 g/mol. The molecule has 1 heterocycles. The van der Waals surface area contributed by atoms with Crippen LogP contribution in [-0.4, -0.2) is 24.8 Å². The minimum atomic E-state index is -0.727. The highest BCUT2D eigenvalue weighted by molar-refractivity contribution is 6.10. The number of benzene rings is 2. The highest BCUT2D eigenvalue weighted by Crippen LogP contribution is 2.46. The Balaban J connectivity index is 1.62. The number of ether oxygens (including phenoxy) is 2. The first-order chi connectivity index (χ1) is 14.0. The van der Waals surface area contributed by atoms with Crippen LogP contribution >= 0.6 is 0 Å². The summed E-state index contributed by atoms with van der Waals surface area (Å²) in [5.41, 5.74) is 1.49. The molecule has 29 heavy (non-hydrogen) atoms. The van der Waals surface area contributed by atoms with E-state index in [1.807, 2.05) is 19.1 Å². The average molecular weight is 396 g/mol. The quantitative estimate of drug-likeness (QED) is 0.683. The highest BCUT2D eigenvalue weighted by atomic mass is 19.1. The van der Waals surface area contributed by atoms with Gasteiger partial charge in [-0.15, -0.1) is 0 Å². The third-order valence-corrected chi connectivity index (χ3v) is 6.15. The number of aryl methyl sites for hydroxylation is 1. The van der Waals surface area contributed by atoms with Gasteiger partial charge in [-0.05, 0) is 72.2 Å². The molecule has 2 aromatic rings. The molecule has 0 atom stereocenters. The van der Waals surface area contributed by atoms with Crippen LogP contribution < -0.4 is 4.74 Å². The molecule has 0 unspecified atom stereocenters. The summed E-state index contributed by atoms with van der Waals surface area (Å²) < 4.78 is 24.4. The molecule has 1 saturated carbocycles. The third-order valence-electron chi connectivity index (χ3n) is 6.15. The fourth-order valence-electron chi connectivity index (χ4n) is 4.56. The first-order valence-corrected chi connectivity index (χ1v) is 10.2. The number of ketones is 2. The largest absolute Gasteiger partial charge is 0.457 e. The van der Waals surface area contributed by atoms with E-state index in [0.29, 0.717) is 37.6 Å². The van der Waals surface area contributed by atoms with E-state index in [2.05, 4.69) is 0 Å². The smallest absolute Gasteiger partial charge is 0.148 e. The normalized spacial score (nSPS) is 19.5. The Morgan fingerprint density at radius 1 is 1.00 bits per heavy atom. The van der Waals surface area contributed by atoms with E-state index in [0.717, 1.165) is 30.4 Å². The number of hydrogen-bond acceptors (Lipinski definition) is 4. The van der Waals surface area contributed by atoms with Crippen molar-refractivity contribution in [2.45, 2.75) is 44.9 Å². The van der Waals surface area contributed by atoms with Gasteiger partial charge in [-0.25, -0.2) is 4.39 Å². The Bertz CT molecular complexity index is 893. The number of carbonyl (C=O) groups is 2. The lowest BCUT2D eigenvalue weighted by Gasteiger charge is -2.41. The molecule has 2 aromatic carbocycles. The predicted octanol–water partition coefficient (Wildman–Crippen LogP) is 4.99. The third kappa shape index (κ3) is 4.10. The van der Waals surface area contributed by atoms with Crippen molar-refractivity contribution in [1.29, 1.82) is 0 Å². The second-order valence-electron chi connectivity index (χ2n) is 8.10. The molecule has 0 N–H and O–H groups in total. The lowest BCUT2D eigenvalue weighted by molar-refractivity contribution is -0.139. The summed E-state index contributed by atoms with van der Waals surface area (Å²) in [5, 5.41) is 0. The molecule has 5 heteroatoms. The van der Waals surface area contributed by atoms with E-state index < -0.39 is 5.92 Å². The summed E-state index contributed by atoms with van der Waals surface area (Å²) in [4.78, 5) is 26.2. The van der Waals surface area contributed by atoms with Gasteiger partial charge in [-0.2, -0.15) is 0 Å². The fourth-order valence-corrected chi connectivity index (χ4v) is 4.56. The van der Waals surface area contributed by atoms with Crippen LogP contribution in [0.2, 0.25) is 0 Å². The summed E-state index contributed by atoms with van der Waals surface area (Å²) in [5.74, 6) is -0.0246. The van der Waals surface area contributed by atoms with Gasteiger partial charge >= 0.3 is 0 Å². The first kappa shape index (κ1) is 19.8. The molecule has 0 aromatic heterocycles. The van der Waals surface area contributed by atoms with Gasteiger partial charge in [0.25, 0.3) is 0 Å². The van der Waals surface area contributed by atoms with Crippen LogP contribution in [0.5, 0.6) is 11.5 Å². The van der Waals surface area contributed by atoms with Gasteiger partial charge in [0, 0.05) is 26.1 Å². The van der Waals surface area contributed by atoms with Gasteiger partial charge in [0.2, 0.25) is 0 Å². The average Bonchev–Trinajstić information content (AvgIpc) is 2.70. The minimum absolute atomic E-state index is 0.00298. The number of carbonyl (C=O) groups excluding carboxylic acids is 2. The van der Waals surface area contributed by atoms with Crippen LogP contribution in [0.25, 0.3) is 0 Å². The Morgan fingerprint density at radius 3 is 2.24 bits per heavy atom. The number of hydrogen-bond donors (Lipinski definition) is 0. The standard InChI is InChI=1S/C24H25FO4/c1-2-16-3-6-19(29-18-7-4-17(25)5-8-18)13-20(16)23-21(26)14-24(15-22(23)27)9-11-28-12-10-24/h3-8,13,23H,2,9-12,14-15H2,1H3. The summed E-state index contributed by atoms with van der Waals surface area (Å²) in [6.45, 7) is 3.25. The summed E-state index contributed by atoms with van der Waals surface area (Å²) in [7, 11) is 0. The van der Waals surface area contributed by atoms with Gasteiger partial charge in [-0.3, -0.25) is 9.59 Å². The Hall–Kier alpha value is -2.53. The molecule has 1 spiro atoms. The van der Waals surface area contributed by atoms with Crippen LogP contribution in [-0.2, 0) is 20.7 Å². The van der Waals surface area contributed by atoms with Crippen LogP contribution in [0, 0.1) is 11.2 Å². The van der Waals surface area contributed by atoms with E-state index >= 15 is 0 Å². The summed E-state index contributed by atoms with van der Waals surface area (Å²) in [6.07, 6.45) is 3.12. The molecule has 2 fully saturated rings. The van der Waals surface area contributed by atoms with Crippen LogP contribution in [0.15, 0.2) is 42.5 Å². The van der Waals surface area contributed by atoms with E-state index in [1.54, 1.807) is 18.2 Å². The molecule has 4 rings (SSSR count).